The van der Waals surface area contributed by atoms with Gasteiger partial charge in [-0.1, -0.05) is 10.7 Å². The number of amides is 1. The summed E-state index contributed by atoms with van der Waals surface area (Å²) in [7, 11) is 0. The molecule has 31 heavy (non-hydrogen) atoms. The number of carbonyl (C=O) groups excluding carboxylic acids is 1. The highest BCUT2D eigenvalue weighted by Crippen LogP contribution is 2.39. The van der Waals surface area contributed by atoms with Crippen molar-refractivity contribution >= 4 is 41.1 Å². The molecule has 1 unspecified atom stereocenters. The summed E-state index contributed by atoms with van der Waals surface area (Å²) in [5.41, 5.74) is 3.04. The average molecular weight is 417 g/mol. The van der Waals surface area contributed by atoms with E-state index in [1.165, 1.54) is 0 Å². The van der Waals surface area contributed by atoms with Crippen LogP contribution in [0.2, 0.25) is 0 Å². The minimum atomic E-state index is -0.542. The molecule has 1 aromatic heterocycles. The number of guanidine groups is 1. The summed E-state index contributed by atoms with van der Waals surface area (Å²) in [6, 6.07) is 7.79. The number of fused-ring (bicyclic) bond motifs is 3. The predicted octanol–water partition coefficient (Wildman–Crippen LogP) is 2.30. The number of anilines is 2. The van der Waals surface area contributed by atoms with Crippen molar-refractivity contribution in [3.8, 4) is 0 Å². The summed E-state index contributed by atoms with van der Waals surface area (Å²) in [6.45, 7) is 5.73. The molecule has 5 heterocycles. The number of quaternary nitrogens is 1. The van der Waals surface area contributed by atoms with Crippen molar-refractivity contribution in [2.45, 2.75) is 32.4 Å². The number of rotatable bonds is 2. The summed E-state index contributed by atoms with van der Waals surface area (Å²) >= 11 is 0. The molecular weight excluding hydrogens is 396 g/mol. The molecule has 0 saturated carbocycles. The first-order valence-electron chi connectivity index (χ1n) is 10.1. The molecule has 4 aliphatic heterocycles. The predicted molar refractivity (Wildman–Crippen MR) is 118 cm³/mol. The van der Waals surface area contributed by atoms with Gasteiger partial charge in [-0.25, -0.2) is 0 Å². The van der Waals surface area contributed by atoms with E-state index in [9.17, 15) is 4.79 Å². The quantitative estimate of drug-likeness (QED) is 0.732. The van der Waals surface area contributed by atoms with Gasteiger partial charge in [0.2, 0.25) is 5.91 Å². The van der Waals surface area contributed by atoms with Gasteiger partial charge in [0.15, 0.2) is 6.20 Å². The van der Waals surface area contributed by atoms with E-state index in [1.807, 2.05) is 49.0 Å². The minimum Gasteiger partial charge on any atom is -0.373 e. The Hall–Kier alpha value is -3.63. The molecule has 1 atom stereocenters. The second-order valence-electron chi connectivity index (χ2n) is 8.39. The molecule has 0 radical (unpaired) electrons. The fourth-order valence-electron chi connectivity index (χ4n) is 4.22. The van der Waals surface area contributed by atoms with Gasteiger partial charge in [0.25, 0.3) is 17.6 Å². The van der Waals surface area contributed by atoms with Gasteiger partial charge in [-0.15, -0.1) is 5.10 Å². The molecule has 4 aliphatic rings. The van der Waals surface area contributed by atoms with Crippen molar-refractivity contribution in [3.05, 3.63) is 47.9 Å². The standard InChI is InChI=1S/C21H20N8O2/c1-21(2)15-4-3-13(9-16(15)24-19(21)30)23-20-25-18-11-22-5-7-29(18,27-20)17-10-14-12-31-8-6-28(14)26-17/h3-5,7,9-11H,6,8,12H2,1-2H3,(H-,23,24,27,30)/p+1. The van der Waals surface area contributed by atoms with E-state index in [-0.39, 0.29) is 10.5 Å². The number of ether oxygens (including phenoxy) is 1. The number of nitrogens with one attached hydrogen (secondary N) is 2. The lowest BCUT2D eigenvalue weighted by atomic mass is 9.86. The second-order valence-corrected chi connectivity index (χ2v) is 8.39. The van der Waals surface area contributed by atoms with Crippen LogP contribution in [0.4, 0.5) is 17.2 Å². The van der Waals surface area contributed by atoms with Crippen molar-refractivity contribution < 1.29 is 9.53 Å². The molecule has 2 N–H and O–H groups in total. The van der Waals surface area contributed by atoms with Crippen LogP contribution in [0.25, 0.3) is 0 Å². The molecule has 0 bridgehead atoms. The highest BCUT2D eigenvalue weighted by atomic mass is 16.5. The summed E-state index contributed by atoms with van der Waals surface area (Å²) in [5, 5.41) is 15.8. The number of aromatic nitrogens is 2. The van der Waals surface area contributed by atoms with Crippen LogP contribution in [0.1, 0.15) is 25.1 Å². The molecule has 0 aliphatic carbocycles. The summed E-state index contributed by atoms with van der Waals surface area (Å²) in [5.74, 6) is 1.82. The molecule has 10 heteroatoms. The smallest absolute Gasteiger partial charge is 0.288 e. The Balaban J connectivity index is 1.35. The van der Waals surface area contributed by atoms with Gasteiger partial charge in [-0.2, -0.15) is 4.99 Å². The molecule has 0 fully saturated rings. The minimum absolute atomic E-state index is 0.00573. The van der Waals surface area contributed by atoms with Crippen molar-refractivity contribution in [2.75, 3.05) is 17.2 Å². The fourth-order valence-corrected chi connectivity index (χ4v) is 4.22. The SMILES string of the molecule is CC1(C)C(=O)Nc2cc(NC3=N[N+]4(c5cc6n(n5)CCOC6)C=CN=CC4=N3)ccc21. The second kappa shape index (κ2) is 6.19. The van der Waals surface area contributed by atoms with Gasteiger partial charge in [-0.3, -0.25) is 14.5 Å². The lowest BCUT2D eigenvalue weighted by Gasteiger charge is -2.20. The van der Waals surface area contributed by atoms with Crippen LogP contribution in [0.5, 0.6) is 0 Å². The van der Waals surface area contributed by atoms with Gasteiger partial charge < -0.3 is 15.4 Å². The number of amidine groups is 1. The Bertz CT molecular complexity index is 1230. The molecule has 1 amide bonds. The molecular formula is C21H21N8O2+. The molecule has 6 rings (SSSR count). The first-order valence-corrected chi connectivity index (χ1v) is 10.1. The molecule has 10 nitrogen and oxygen atoms in total. The largest absolute Gasteiger partial charge is 0.373 e. The number of hydrogen-bond acceptors (Lipinski definition) is 7. The van der Waals surface area contributed by atoms with Crippen molar-refractivity contribution in [3.63, 3.8) is 0 Å². The van der Waals surface area contributed by atoms with Crippen LogP contribution in [0.3, 0.4) is 0 Å². The van der Waals surface area contributed by atoms with Crippen molar-refractivity contribution in [1.82, 2.24) is 14.4 Å². The molecule has 0 saturated heterocycles. The third-order valence-electron chi connectivity index (χ3n) is 6.04. The van der Waals surface area contributed by atoms with Crippen molar-refractivity contribution in [1.29, 1.82) is 0 Å². The molecule has 0 spiro atoms. The van der Waals surface area contributed by atoms with E-state index in [2.05, 4.69) is 20.6 Å². The zero-order valence-electron chi connectivity index (χ0n) is 17.2. The maximum absolute atomic E-state index is 12.2. The highest BCUT2D eigenvalue weighted by molar-refractivity contribution is 6.38. The summed E-state index contributed by atoms with van der Waals surface area (Å²) in [6.07, 6.45) is 5.25. The third-order valence-corrected chi connectivity index (χ3v) is 6.04. The Kier molecular flexibility index (Phi) is 3.63. The number of aliphatic imine (C=N–C) groups is 2. The van der Waals surface area contributed by atoms with Crippen LogP contribution in [0.15, 0.2) is 51.8 Å². The lowest BCUT2D eigenvalue weighted by Crippen LogP contribution is -2.44. The van der Waals surface area contributed by atoms with Crippen LogP contribution in [0, 0.1) is 0 Å². The highest BCUT2D eigenvalue weighted by Gasteiger charge is 2.45. The van der Waals surface area contributed by atoms with Crippen LogP contribution >= 0.6 is 0 Å². The molecule has 156 valence electrons. The van der Waals surface area contributed by atoms with E-state index < -0.39 is 5.41 Å². The number of carbonyl (C=O) groups is 1. The van der Waals surface area contributed by atoms with E-state index in [0.29, 0.717) is 31.6 Å². The van der Waals surface area contributed by atoms with Gasteiger partial charge in [-0.05, 0) is 36.6 Å². The molecule has 2 aromatic rings. The summed E-state index contributed by atoms with van der Waals surface area (Å²) < 4.78 is 7.51. The summed E-state index contributed by atoms with van der Waals surface area (Å²) in [4.78, 5) is 21.1. The average Bonchev–Trinajstić information content (AvgIpc) is 3.41. The normalized spacial score (nSPS) is 24.8. The maximum Gasteiger partial charge on any atom is 0.288 e. The van der Waals surface area contributed by atoms with Gasteiger partial charge in [0.05, 0.1) is 37.1 Å². The molecule has 1 aromatic carbocycles. The van der Waals surface area contributed by atoms with Crippen molar-refractivity contribution in [2.24, 2.45) is 15.1 Å². The number of nitrogens with zero attached hydrogens (tertiary/aromatic N) is 6. The Labute approximate surface area is 178 Å². The zero-order valence-corrected chi connectivity index (χ0v) is 17.2. The van der Waals surface area contributed by atoms with Gasteiger partial charge in [0.1, 0.15) is 6.21 Å². The fraction of sp³-hybridized carbons (Fsp3) is 0.286. The lowest BCUT2D eigenvalue weighted by molar-refractivity contribution is -0.119. The third kappa shape index (κ3) is 2.62. The van der Waals surface area contributed by atoms with Crippen LogP contribution < -0.4 is 15.2 Å². The Morgan fingerprint density at radius 1 is 1.29 bits per heavy atom. The first-order chi connectivity index (χ1) is 15.0. The van der Waals surface area contributed by atoms with Crippen LogP contribution in [-0.2, 0) is 28.1 Å². The number of hydrogen-bond donors (Lipinski definition) is 2. The monoisotopic (exact) mass is 417 g/mol. The Morgan fingerprint density at radius 3 is 3.06 bits per heavy atom. The van der Waals surface area contributed by atoms with E-state index >= 15 is 0 Å². The van der Waals surface area contributed by atoms with Gasteiger partial charge >= 0.3 is 0 Å². The zero-order chi connectivity index (χ0) is 21.2. The topological polar surface area (TPSA) is 105 Å². The van der Waals surface area contributed by atoms with Crippen LogP contribution in [-0.4, -0.2) is 40.3 Å². The maximum atomic E-state index is 12.2. The van der Waals surface area contributed by atoms with E-state index in [4.69, 9.17) is 14.9 Å². The van der Waals surface area contributed by atoms with E-state index in [0.717, 1.165) is 28.5 Å². The number of benzene rings is 1. The van der Waals surface area contributed by atoms with E-state index in [1.54, 1.807) is 12.4 Å². The van der Waals surface area contributed by atoms with Gasteiger partial charge in [0, 0.05) is 17.4 Å². The Morgan fingerprint density at radius 2 is 2.19 bits per heavy atom. The first kappa shape index (κ1) is 18.2.